The van der Waals surface area contributed by atoms with Gasteiger partial charge >= 0.3 is 12.0 Å². The first-order valence-corrected chi connectivity index (χ1v) is 3.55. The quantitative estimate of drug-likeness (QED) is 0.314. The molecule has 0 unspecified atom stereocenters. The predicted molar refractivity (Wildman–Crippen MR) is 42.4 cm³/mol. The molecule has 0 radical (unpaired) electrons. The Balaban J connectivity index is 3.31. The van der Waals surface area contributed by atoms with Gasteiger partial charge in [-0.05, 0) is 12.8 Å². The minimum absolute atomic E-state index is 0.329. The molecule has 12 heavy (non-hydrogen) atoms. The first kappa shape index (κ1) is 10.7. The molecule has 0 aromatic rings. The van der Waals surface area contributed by atoms with Gasteiger partial charge in [-0.15, -0.1) is 0 Å². The van der Waals surface area contributed by atoms with Crippen LogP contribution < -0.4 is 16.8 Å². The van der Waals surface area contributed by atoms with Crippen LogP contribution in [0.1, 0.15) is 12.8 Å². The second-order valence-corrected chi connectivity index (χ2v) is 2.38. The van der Waals surface area contributed by atoms with E-state index in [4.69, 9.17) is 16.6 Å². The number of nitrogens with one attached hydrogen (secondary N) is 1. The van der Waals surface area contributed by atoms with Crippen molar-refractivity contribution >= 4 is 12.0 Å². The molecule has 0 spiro atoms. The van der Waals surface area contributed by atoms with E-state index in [0.717, 1.165) is 0 Å². The maximum atomic E-state index is 10.2. The summed E-state index contributed by atoms with van der Waals surface area (Å²) < 4.78 is 0. The summed E-state index contributed by atoms with van der Waals surface area (Å²) >= 11 is 0. The molecule has 0 aromatic carbocycles. The molecule has 0 heterocycles. The van der Waals surface area contributed by atoms with E-state index in [1.54, 1.807) is 0 Å². The monoisotopic (exact) mass is 178 g/mol. The lowest BCUT2D eigenvalue weighted by Crippen LogP contribution is -2.33. The Morgan fingerprint density at radius 1 is 1.50 bits per heavy atom. The number of rotatable bonds is 5. The molecule has 6 N–H and O–H groups in total. The number of nitrogens with two attached hydrogens (primary N) is 2. The molecular formula is C6H13N3O3. The number of primary amides is 1. The Morgan fingerprint density at radius 2 is 2.08 bits per heavy atom. The Hall–Kier alpha value is -1.30. The maximum absolute atomic E-state index is 10.2. The average Bonchev–Trinajstić information content (AvgIpc) is 1.97. The van der Waals surface area contributed by atoms with E-state index >= 15 is 0 Å². The summed E-state index contributed by atoms with van der Waals surface area (Å²) in [6.07, 6.45) is 0.839. The maximum Gasteiger partial charge on any atom is 0.320 e. The fourth-order valence-corrected chi connectivity index (χ4v) is 0.657. The fourth-order valence-electron chi connectivity index (χ4n) is 0.657. The topological polar surface area (TPSA) is 118 Å². The van der Waals surface area contributed by atoms with Crippen molar-refractivity contribution in [2.45, 2.75) is 18.9 Å². The number of carbonyl (C=O) groups is 2. The smallest absolute Gasteiger partial charge is 0.320 e. The van der Waals surface area contributed by atoms with E-state index in [1.165, 1.54) is 0 Å². The molecule has 0 saturated carbocycles. The van der Waals surface area contributed by atoms with E-state index in [9.17, 15) is 9.59 Å². The van der Waals surface area contributed by atoms with Crippen molar-refractivity contribution in [1.29, 1.82) is 0 Å². The third kappa shape index (κ3) is 5.48. The third-order valence-corrected chi connectivity index (χ3v) is 1.31. The van der Waals surface area contributed by atoms with E-state index in [-0.39, 0.29) is 0 Å². The zero-order valence-electron chi connectivity index (χ0n) is 6.62. The van der Waals surface area contributed by atoms with Crippen molar-refractivity contribution in [3.8, 4) is 0 Å². The lowest BCUT2D eigenvalue weighted by atomic mass is 10.2. The molecule has 6 nitrogen and oxygen atoms in total. The molecule has 0 fully saturated rings. The number of amides is 2. The molecule has 0 aliphatic carbocycles. The summed E-state index contributed by atoms with van der Waals surface area (Å²) in [5, 5.41) is 10.7. The van der Waals surface area contributed by atoms with Crippen LogP contribution in [0.2, 0.25) is 0 Å². The fraction of sp³-hybridized carbons (Fsp3) is 0.667. The van der Waals surface area contributed by atoms with Gasteiger partial charge in [0, 0.05) is 6.54 Å². The zero-order valence-corrected chi connectivity index (χ0v) is 6.62. The lowest BCUT2D eigenvalue weighted by Gasteiger charge is -2.05. The Bertz CT molecular complexity index is 171. The Labute approximate surface area is 69.9 Å². The van der Waals surface area contributed by atoms with Gasteiger partial charge in [0.15, 0.2) is 0 Å². The van der Waals surface area contributed by atoms with Gasteiger partial charge in [0.2, 0.25) is 0 Å². The highest BCUT2D eigenvalue weighted by molar-refractivity contribution is 5.73. The summed E-state index contributed by atoms with van der Waals surface area (Å²) in [5.74, 6) is -1.03. The van der Waals surface area contributed by atoms with Crippen LogP contribution in [-0.4, -0.2) is 29.7 Å². The van der Waals surface area contributed by atoms with E-state index in [0.29, 0.717) is 19.4 Å². The first-order valence-electron chi connectivity index (χ1n) is 3.55. The van der Waals surface area contributed by atoms with Gasteiger partial charge in [-0.1, -0.05) is 0 Å². The number of hydrogen-bond acceptors (Lipinski definition) is 3. The van der Waals surface area contributed by atoms with Gasteiger partial charge in [-0.2, -0.15) is 0 Å². The van der Waals surface area contributed by atoms with E-state index in [2.05, 4.69) is 5.32 Å². The number of hydrogen-bond donors (Lipinski definition) is 4. The van der Waals surface area contributed by atoms with Gasteiger partial charge in [-0.3, -0.25) is 4.79 Å². The largest absolute Gasteiger partial charge is 0.480 e. The molecule has 0 bridgehead atoms. The highest BCUT2D eigenvalue weighted by Crippen LogP contribution is 1.92. The van der Waals surface area contributed by atoms with E-state index in [1.807, 2.05) is 0 Å². The molecular weight excluding hydrogens is 165 g/mol. The molecule has 2 amide bonds. The second-order valence-electron chi connectivity index (χ2n) is 2.38. The van der Waals surface area contributed by atoms with Crippen molar-refractivity contribution < 1.29 is 14.7 Å². The van der Waals surface area contributed by atoms with Gasteiger partial charge in [0.25, 0.3) is 0 Å². The average molecular weight is 178 g/mol. The van der Waals surface area contributed by atoms with Crippen molar-refractivity contribution in [3.05, 3.63) is 0 Å². The standard InChI is InChI=1S/C6H13N3O3/c7-4(5(10)11)2-1-3-9-6(8)12/h4H,1-3,7H2,(H,10,11)(H3,8,9,12)/t4-/m0/s1/i7+1,8+1,9+1. The zero-order chi connectivity index (χ0) is 9.56. The van der Waals surface area contributed by atoms with Crippen molar-refractivity contribution in [1.82, 2.24) is 5.32 Å². The summed E-state index contributed by atoms with van der Waals surface area (Å²) in [5.41, 5.74) is 9.96. The normalized spacial score (nSPS) is 12.1. The van der Waals surface area contributed by atoms with Crippen molar-refractivity contribution in [3.63, 3.8) is 0 Å². The van der Waals surface area contributed by atoms with Crippen molar-refractivity contribution in [2.75, 3.05) is 6.54 Å². The van der Waals surface area contributed by atoms with Gasteiger partial charge in [0.1, 0.15) is 6.04 Å². The van der Waals surface area contributed by atoms with Crippen LogP contribution in [0.4, 0.5) is 4.79 Å². The number of aliphatic carboxylic acids is 1. The molecule has 6 heteroatoms. The Kier molecular flexibility index (Phi) is 4.78. The van der Waals surface area contributed by atoms with Gasteiger partial charge < -0.3 is 21.9 Å². The summed E-state index contributed by atoms with van der Waals surface area (Å²) in [6.45, 7) is 0.357. The molecule has 1 atom stereocenters. The molecule has 0 saturated heterocycles. The lowest BCUT2D eigenvalue weighted by molar-refractivity contribution is -0.138. The van der Waals surface area contributed by atoms with Crippen LogP contribution in [0.5, 0.6) is 0 Å². The molecule has 70 valence electrons. The number of carboxylic acids is 1. The van der Waals surface area contributed by atoms with Gasteiger partial charge in [-0.25, -0.2) is 4.79 Å². The van der Waals surface area contributed by atoms with Crippen LogP contribution in [0, 0.1) is 0 Å². The third-order valence-electron chi connectivity index (χ3n) is 1.31. The summed E-state index contributed by atoms with van der Waals surface area (Å²) in [6, 6.07) is -1.47. The summed E-state index contributed by atoms with van der Waals surface area (Å²) in [7, 11) is 0. The van der Waals surface area contributed by atoms with Crippen LogP contribution in [0.3, 0.4) is 0 Å². The van der Waals surface area contributed by atoms with Gasteiger partial charge in [0.05, 0.1) is 0 Å². The highest BCUT2D eigenvalue weighted by atomic mass is 16.4. The van der Waals surface area contributed by atoms with Crippen LogP contribution in [-0.2, 0) is 4.79 Å². The number of carboxylic acid groups (broad SMARTS) is 1. The predicted octanol–water partition coefficient (Wildman–Crippen LogP) is -1.15. The van der Waals surface area contributed by atoms with Crippen molar-refractivity contribution in [2.24, 2.45) is 11.5 Å². The van der Waals surface area contributed by atoms with E-state index < -0.39 is 18.0 Å². The van der Waals surface area contributed by atoms with Crippen LogP contribution >= 0.6 is 0 Å². The highest BCUT2D eigenvalue weighted by Gasteiger charge is 2.09. The van der Waals surface area contributed by atoms with Crippen LogP contribution in [0.25, 0.3) is 0 Å². The number of carbonyl (C=O) groups excluding carboxylic acids is 1. The minimum Gasteiger partial charge on any atom is -0.480 e. The van der Waals surface area contributed by atoms with Crippen LogP contribution in [0.15, 0.2) is 0 Å². The Morgan fingerprint density at radius 3 is 2.50 bits per heavy atom. The SMILES string of the molecule is [15NH2]C(=O)[15NH]CCC[C@H]([15NH2])C(=O)O. The molecule has 0 rings (SSSR count). The molecule has 0 aromatic heterocycles. The molecule has 0 aliphatic rings. The first-order chi connectivity index (χ1) is 5.54. The number of urea groups is 1. The summed E-state index contributed by atoms with van der Waals surface area (Å²) in [4.78, 5) is 20.3. The minimum atomic E-state index is -1.03. The second kappa shape index (κ2) is 5.36. The molecule has 0 aliphatic heterocycles.